The van der Waals surface area contributed by atoms with Gasteiger partial charge in [-0.3, -0.25) is 0 Å². The Bertz CT molecular complexity index is 2760. The number of para-hydroxylation sites is 1. The van der Waals surface area contributed by atoms with Crippen molar-refractivity contribution in [2.75, 3.05) is 0 Å². The Morgan fingerprint density at radius 3 is 1.52 bits per heavy atom. The zero-order valence-corrected chi connectivity index (χ0v) is 28.8. The lowest BCUT2D eigenvalue weighted by molar-refractivity contribution is 0.647. The van der Waals surface area contributed by atoms with Crippen LogP contribution in [-0.2, 0) is 5.41 Å². The molecule has 0 fully saturated rings. The van der Waals surface area contributed by atoms with Crippen molar-refractivity contribution >= 4 is 21.9 Å². The predicted molar refractivity (Wildman–Crippen MR) is 212 cm³/mol. The van der Waals surface area contributed by atoms with Gasteiger partial charge in [-0.05, 0) is 80.9 Å². The largest absolute Gasteiger partial charge is 0.456 e. The first-order valence-electron chi connectivity index (χ1n) is 17.7. The number of aromatic nitrogens is 3. The lowest BCUT2D eigenvalue weighted by Crippen LogP contribution is -2.15. The van der Waals surface area contributed by atoms with Gasteiger partial charge in [0.1, 0.15) is 11.2 Å². The molecule has 0 saturated heterocycles. The highest BCUT2D eigenvalue weighted by Gasteiger charge is 2.36. The fourth-order valence-electron chi connectivity index (χ4n) is 7.79. The first-order chi connectivity index (χ1) is 25.5. The summed E-state index contributed by atoms with van der Waals surface area (Å²) in [4.78, 5) is 14.8. The second kappa shape index (κ2) is 11.7. The van der Waals surface area contributed by atoms with Crippen molar-refractivity contribution in [2.45, 2.75) is 19.3 Å². The van der Waals surface area contributed by atoms with Crippen LogP contribution in [0.25, 0.3) is 89.5 Å². The number of fused-ring (bicyclic) bond motifs is 6. The van der Waals surface area contributed by atoms with Crippen molar-refractivity contribution < 1.29 is 4.42 Å². The fraction of sp³-hybridized carbons (Fsp3) is 0.0625. The summed E-state index contributed by atoms with van der Waals surface area (Å²) in [7, 11) is 0. The highest BCUT2D eigenvalue weighted by molar-refractivity contribution is 6.07. The topological polar surface area (TPSA) is 51.8 Å². The van der Waals surface area contributed by atoms with Crippen molar-refractivity contribution in [3.05, 3.63) is 175 Å². The van der Waals surface area contributed by atoms with E-state index in [9.17, 15) is 0 Å². The summed E-state index contributed by atoms with van der Waals surface area (Å²) >= 11 is 0. The lowest BCUT2D eigenvalue weighted by Gasteiger charge is -2.22. The van der Waals surface area contributed by atoms with E-state index < -0.39 is 0 Å². The van der Waals surface area contributed by atoms with Gasteiger partial charge in [0.25, 0.3) is 0 Å². The molecule has 2 aromatic heterocycles. The molecule has 7 aromatic carbocycles. The molecule has 0 bridgehead atoms. The van der Waals surface area contributed by atoms with Crippen LogP contribution < -0.4 is 0 Å². The second-order valence-electron chi connectivity index (χ2n) is 14.1. The number of nitrogens with zero attached hydrogens (tertiary/aromatic N) is 3. The van der Waals surface area contributed by atoms with E-state index in [0.29, 0.717) is 17.5 Å². The third-order valence-electron chi connectivity index (χ3n) is 10.5. The van der Waals surface area contributed by atoms with E-state index in [1.165, 1.54) is 38.8 Å². The van der Waals surface area contributed by atoms with Crippen LogP contribution in [0.2, 0.25) is 0 Å². The molecule has 2 heterocycles. The molecule has 10 rings (SSSR count). The van der Waals surface area contributed by atoms with Gasteiger partial charge < -0.3 is 4.42 Å². The minimum absolute atomic E-state index is 0.165. The van der Waals surface area contributed by atoms with Gasteiger partial charge in [-0.15, -0.1) is 0 Å². The number of furan rings is 1. The summed E-state index contributed by atoms with van der Waals surface area (Å²) in [6.45, 7) is 4.65. The molecule has 0 atom stereocenters. The normalized spacial score (nSPS) is 13.0. The van der Waals surface area contributed by atoms with Crippen LogP contribution in [0.3, 0.4) is 0 Å². The summed E-state index contributed by atoms with van der Waals surface area (Å²) in [5.41, 5.74) is 14.4. The fourth-order valence-corrected chi connectivity index (χ4v) is 7.79. The molecule has 9 aromatic rings. The van der Waals surface area contributed by atoms with Crippen molar-refractivity contribution in [1.82, 2.24) is 15.0 Å². The van der Waals surface area contributed by atoms with Gasteiger partial charge in [-0.25, -0.2) is 15.0 Å². The minimum Gasteiger partial charge on any atom is -0.456 e. The van der Waals surface area contributed by atoms with E-state index in [1.54, 1.807) is 0 Å². The molecule has 1 aliphatic rings. The SMILES string of the molecule is CC1(C)c2cc(-c3cccc(-c4cccc(-c5nc(-c6ccccc6)nc(-c6ccccc6)n5)c4)c3)ccc2-c2cc3c(cc21)oc1ccccc13. The third kappa shape index (κ3) is 4.95. The summed E-state index contributed by atoms with van der Waals surface area (Å²) < 4.78 is 6.30. The molecule has 0 N–H and O–H groups in total. The zero-order chi connectivity index (χ0) is 34.8. The van der Waals surface area contributed by atoms with E-state index in [2.05, 4.69) is 105 Å². The monoisotopic (exact) mass is 667 g/mol. The van der Waals surface area contributed by atoms with Gasteiger partial charge >= 0.3 is 0 Å². The van der Waals surface area contributed by atoms with E-state index in [4.69, 9.17) is 19.4 Å². The van der Waals surface area contributed by atoms with Gasteiger partial charge in [0, 0.05) is 32.9 Å². The Balaban J connectivity index is 1.02. The number of rotatable bonds is 5. The van der Waals surface area contributed by atoms with E-state index in [0.717, 1.165) is 44.4 Å². The average Bonchev–Trinajstić information content (AvgIpc) is 3.68. The first-order valence-corrected chi connectivity index (χ1v) is 17.7. The zero-order valence-electron chi connectivity index (χ0n) is 28.8. The lowest BCUT2D eigenvalue weighted by atomic mass is 9.81. The summed E-state index contributed by atoms with van der Waals surface area (Å²) in [5.74, 6) is 1.95. The van der Waals surface area contributed by atoms with Gasteiger partial charge in [-0.2, -0.15) is 0 Å². The van der Waals surface area contributed by atoms with E-state index in [-0.39, 0.29) is 5.41 Å². The van der Waals surface area contributed by atoms with Crippen LogP contribution in [0.1, 0.15) is 25.0 Å². The molecule has 1 aliphatic carbocycles. The molecule has 0 radical (unpaired) electrons. The molecule has 246 valence electrons. The van der Waals surface area contributed by atoms with E-state index >= 15 is 0 Å². The smallest absolute Gasteiger partial charge is 0.164 e. The number of benzene rings is 7. The van der Waals surface area contributed by atoms with Crippen molar-refractivity contribution in [2.24, 2.45) is 0 Å². The Labute approximate surface area is 302 Å². The predicted octanol–water partition coefficient (Wildman–Crippen LogP) is 12.4. The summed E-state index contributed by atoms with van der Waals surface area (Å²) in [6, 6.07) is 57.3. The Morgan fingerprint density at radius 2 is 0.865 bits per heavy atom. The van der Waals surface area contributed by atoms with Crippen LogP contribution in [0, 0.1) is 0 Å². The molecule has 0 aliphatic heterocycles. The van der Waals surface area contributed by atoms with Crippen molar-refractivity contribution in [3.8, 4) is 67.5 Å². The maximum Gasteiger partial charge on any atom is 0.164 e. The van der Waals surface area contributed by atoms with Crippen LogP contribution in [0.5, 0.6) is 0 Å². The molecule has 0 unspecified atom stereocenters. The van der Waals surface area contributed by atoms with Crippen molar-refractivity contribution in [1.29, 1.82) is 0 Å². The molecular weight excluding hydrogens is 635 g/mol. The molecule has 0 amide bonds. The molecule has 0 saturated carbocycles. The average molecular weight is 668 g/mol. The number of hydrogen-bond acceptors (Lipinski definition) is 4. The number of hydrogen-bond donors (Lipinski definition) is 0. The van der Waals surface area contributed by atoms with Crippen LogP contribution in [0.15, 0.2) is 168 Å². The maximum atomic E-state index is 6.30. The molecule has 4 heteroatoms. The maximum absolute atomic E-state index is 6.30. The minimum atomic E-state index is -0.165. The highest BCUT2D eigenvalue weighted by atomic mass is 16.3. The van der Waals surface area contributed by atoms with Crippen LogP contribution in [-0.4, -0.2) is 15.0 Å². The van der Waals surface area contributed by atoms with Gasteiger partial charge in [0.05, 0.1) is 0 Å². The highest BCUT2D eigenvalue weighted by Crippen LogP contribution is 2.51. The standard InChI is InChI=1S/C48H33N3O/c1-48(2)41-27-35(23-24-37(41)39-28-40-38-21-9-10-22-43(38)52-44(40)29-42(39)48)33-18-11-17-32(25-33)34-19-12-20-36(26-34)47-50-45(30-13-5-3-6-14-30)49-46(51-47)31-15-7-4-8-16-31/h3-29H,1-2H3. The van der Waals surface area contributed by atoms with Gasteiger partial charge in [-0.1, -0.05) is 141 Å². The molecule has 4 nitrogen and oxygen atoms in total. The van der Waals surface area contributed by atoms with Crippen LogP contribution in [0.4, 0.5) is 0 Å². The first kappa shape index (κ1) is 30.2. The summed E-state index contributed by atoms with van der Waals surface area (Å²) in [6.07, 6.45) is 0. The van der Waals surface area contributed by atoms with Gasteiger partial charge in [0.15, 0.2) is 17.5 Å². The Kier molecular flexibility index (Phi) is 6.80. The van der Waals surface area contributed by atoms with Gasteiger partial charge in [0.2, 0.25) is 0 Å². The molecule has 52 heavy (non-hydrogen) atoms. The second-order valence-corrected chi connectivity index (χ2v) is 14.1. The van der Waals surface area contributed by atoms with Crippen molar-refractivity contribution in [3.63, 3.8) is 0 Å². The summed E-state index contributed by atoms with van der Waals surface area (Å²) in [5, 5.41) is 2.33. The Morgan fingerprint density at radius 1 is 0.365 bits per heavy atom. The third-order valence-corrected chi connectivity index (χ3v) is 10.5. The van der Waals surface area contributed by atoms with Crippen LogP contribution >= 0.6 is 0 Å². The van der Waals surface area contributed by atoms with E-state index in [1.807, 2.05) is 72.8 Å². The molecular formula is C48H33N3O. The quantitative estimate of drug-likeness (QED) is 0.183. The Hall–Kier alpha value is -6.65. The molecule has 0 spiro atoms.